The molecule has 1 aromatic heterocycles. The largest absolute Gasteiger partial charge is 0.446 e. The normalized spacial score (nSPS) is 13.5. The highest BCUT2D eigenvalue weighted by atomic mass is 16.3. The molecule has 0 aliphatic heterocycles. The van der Waals surface area contributed by atoms with Crippen LogP contribution in [0.4, 0.5) is 0 Å². The number of allylic oxidation sites excluding steroid dienone is 2. The molecule has 0 fully saturated rings. The number of nitrogens with zero attached hydrogens (tertiary/aromatic N) is 1. The van der Waals surface area contributed by atoms with Gasteiger partial charge >= 0.3 is 0 Å². The van der Waals surface area contributed by atoms with E-state index in [-0.39, 0.29) is 11.9 Å². The fourth-order valence-electron chi connectivity index (χ4n) is 2.42. The standard InChI is InChI=1S/C20H24N2O2/c1-3-16(4-2)10-8-9-13-18(23)22-19(20-21-14-15-24-20)17-11-6-5-7-12-17/h3,5-9,11-12,14-16,19H,1,4,10,13H2,2H3,(H,22,23)/b9-8+. The molecule has 126 valence electrons. The molecular formula is C20H24N2O2. The highest BCUT2D eigenvalue weighted by Crippen LogP contribution is 2.20. The minimum atomic E-state index is -0.376. The number of aromatic nitrogens is 1. The van der Waals surface area contributed by atoms with Gasteiger partial charge in [-0.1, -0.05) is 55.5 Å². The number of hydrogen-bond acceptors (Lipinski definition) is 3. The Balaban J connectivity index is 1.96. The second kappa shape index (κ2) is 9.50. The van der Waals surface area contributed by atoms with Gasteiger partial charge in [-0.05, 0) is 24.3 Å². The molecular weight excluding hydrogens is 300 g/mol. The molecule has 0 bridgehead atoms. The van der Waals surface area contributed by atoms with Crippen molar-refractivity contribution in [3.8, 4) is 0 Å². The lowest BCUT2D eigenvalue weighted by molar-refractivity contribution is -0.120. The maximum absolute atomic E-state index is 12.3. The molecule has 0 aliphatic carbocycles. The van der Waals surface area contributed by atoms with Crippen LogP contribution in [0.3, 0.4) is 0 Å². The molecule has 1 aromatic carbocycles. The van der Waals surface area contributed by atoms with Crippen LogP contribution in [0.15, 0.2) is 72.0 Å². The summed E-state index contributed by atoms with van der Waals surface area (Å²) in [7, 11) is 0. The Bertz CT molecular complexity index is 648. The molecule has 24 heavy (non-hydrogen) atoms. The molecule has 0 saturated heterocycles. The predicted octanol–water partition coefficient (Wildman–Crippen LogP) is 4.43. The van der Waals surface area contributed by atoms with Gasteiger partial charge in [0.25, 0.3) is 0 Å². The summed E-state index contributed by atoms with van der Waals surface area (Å²) in [5.41, 5.74) is 0.940. The van der Waals surface area contributed by atoms with Crippen molar-refractivity contribution in [2.45, 2.75) is 32.2 Å². The first-order chi connectivity index (χ1) is 11.7. The van der Waals surface area contributed by atoms with Crippen molar-refractivity contribution in [1.29, 1.82) is 0 Å². The third-order valence-corrected chi connectivity index (χ3v) is 3.90. The molecule has 0 aliphatic rings. The molecule has 0 saturated carbocycles. The van der Waals surface area contributed by atoms with Crippen molar-refractivity contribution in [2.24, 2.45) is 5.92 Å². The zero-order chi connectivity index (χ0) is 17.2. The molecule has 4 heteroatoms. The number of oxazole rings is 1. The van der Waals surface area contributed by atoms with Gasteiger partial charge in [-0.3, -0.25) is 4.79 Å². The summed E-state index contributed by atoms with van der Waals surface area (Å²) < 4.78 is 5.38. The van der Waals surface area contributed by atoms with Crippen molar-refractivity contribution in [3.05, 3.63) is 79.1 Å². The lowest BCUT2D eigenvalue weighted by atomic mass is 10.0. The quantitative estimate of drug-likeness (QED) is 0.694. The Labute approximate surface area is 143 Å². The number of amides is 1. The van der Waals surface area contributed by atoms with Crippen LogP contribution in [0, 0.1) is 5.92 Å². The number of carbonyl (C=O) groups excluding carboxylic acids is 1. The average molecular weight is 324 g/mol. The van der Waals surface area contributed by atoms with E-state index >= 15 is 0 Å². The van der Waals surface area contributed by atoms with Gasteiger partial charge in [-0.15, -0.1) is 6.58 Å². The number of nitrogens with one attached hydrogen (secondary N) is 1. The Morgan fingerprint density at radius 1 is 1.33 bits per heavy atom. The van der Waals surface area contributed by atoms with E-state index in [0.29, 0.717) is 18.2 Å². The number of hydrogen-bond donors (Lipinski definition) is 1. The monoisotopic (exact) mass is 324 g/mol. The van der Waals surface area contributed by atoms with Gasteiger partial charge in [0, 0.05) is 6.42 Å². The van der Waals surface area contributed by atoms with E-state index in [9.17, 15) is 4.79 Å². The lowest BCUT2D eigenvalue weighted by Gasteiger charge is -2.15. The summed E-state index contributed by atoms with van der Waals surface area (Å²) in [5.74, 6) is 0.884. The lowest BCUT2D eigenvalue weighted by Crippen LogP contribution is -2.28. The summed E-state index contributed by atoms with van der Waals surface area (Å²) in [6, 6.07) is 9.31. The maximum Gasteiger partial charge on any atom is 0.224 e. The van der Waals surface area contributed by atoms with Gasteiger partial charge in [0.15, 0.2) is 0 Å². The summed E-state index contributed by atoms with van der Waals surface area (Å²) in [5, 5.41) is 2.99. The molecule has 0 radical (unpaired) electrons. The first-order valence-electron chi connectivity index (χ1n) is 8.25. The Hall–Kier alpha value is -2.62. The zero-order valence-corrected chi connectivity index (χ0v) is 14.0. The summed E-state index contributed by atoms with van der Waals surface area (Å²) in [6.45, 7) is 5.95. The third kappa shape index (κ3) is 5.23. The van der Waals surface area contributed by atoms with Crippen LogP contribution in [0.25, 0.3) is 0 Å². The van der Waals surface area contributed by atoms with E-state index in [1.165, 1.54) is 6.26 Å². The first-order valence-corrected chi connectivity index (χ1v) is 8.25. The van der Waals surface area contributed by atoms with Crippen molar-refractivity contribution >= 4 is 5.91 Å². The topological polar surface area (TPSA) is 55.1 Å². The second-order valence-electron chi connectivity index (χ2n) is 5.60. The van der Waals surface area contributed by atoms with Crippen LogP contribution < -0.4 is 5.32 Å². The third-order valence-electron chi connectivity index (χ3n) is 3.90. The fourth-order valence-corrected chi connectivity index (χ4v) is 2.42. The minimum absolute atomic E-state index is 0.0649. The van der Waals surface area contributed by atoms with Gasteiger partial charge in [0.1, 0.15) is 12.3 Å². The molecule has 2 rings (SSSR count). The smallest absolute Gasteiger partial charge is 0.224 e. The van der Waals surface area contributed by atoms with Crippen LogP contribution in [-0.4, -0.2) is 10.9 Å². The highest BCUT2D eigenvalue weighted by Gasteiger charge is 2.20. The average Bonchev–Trinajstić information content (AvgIpc) is 3.15. The van der Waals surface area contributed by atoms with Gasteiger partial charge in [0.2, 0.25) is 11.8 Å². The number of rotatable bonds is 9. The molecule has 2 unspecified atom stereocenters. The summed E-state index contributed by atoms with van der Waals surface area (Å²) >= 11 is 0. The number of benzene rings is 1. The van der Waals surface area contributed by atoms with E-state index < -0.39 is 0 Å². The first kappa shape index (κ1) is 17.7. The van der Waals surface area contributed by atoms with Crippen molar-refractivity contribution in [3.63, 3.8) is 0 Å². The van der Waals surface area contributed by atoms with Gasteiger partial charge in [-0.2, -0.15) is 0 Å². The molecule has 1 N–H and O–H groups in total. The van der Waals surface area contributed by atoms with E-state index in [1.807, 2.05) is 48.6 Å². The SMILES string of the molecule is C=CC(CC)C/C=C/CC(=O)NC(c1ccccc1)c1ncco1. The molecule has 2 atom stereocenters. The predicted molar refractivity (Wildman–Crippen MR) is 95.3 cm³/mol. The van der Waals surface area contributed by atoms with Gasteiger partial charge in [0.05, 0.1) is 6.20 Å². The van der Waals surface area contributed by atoms with Crippen molar-refractivity contribution < 1.29 is 9.21 Å². The molecule has 2 aromatic rings. The van der Waals surface area contributed by atoms with Crippen molar-refractivity contribution in [2.75, 3.05) is 0 Å². The molecule has 4 nitrogen and oxygen atoms in total. The van der Waals surface area contributed by atoms with Crippen LogP contribution in [0.2, 0.25) is 0 Å². The van der Waals surface area contributed by atoms with Gasteiger partial charge in [-0.25, -0.2) is 4.98 Å². The van der Waals surface area contributed by atoms with Crippen molar-refractivity contribution in [1.82, 2.24) is 10.3 Å². The molecule has 0 spiro atoms. The van der Waals surface area contributed by atoms with E-state index in [1.54, 1.807) is 6.20 Å². The zero-order valence-electron chi connectivity index (χ0n) is 14.0. The van der Waals surface area contributed by atoms with E-state index in [4.69, 9.17) is 4.42 Å². The molecule has 1 amide bonds. The minimum Gasteiger partial charge on any atom is -0.446 e. The molecule has 1 heterocycles. The Morgan fingerprint density at radius 3 is 2.75 bits per heavy atom. The van der Waals surface area contributed by atoms with E-state index in [2.05, 4.69) is 23.8 Å². The maximum atomic E-state index is 12.3. The van der Waals surface area contributed by atoms with Gasteiger partial charge < -0.3 is 9.73 Å². The van der Waals surface area contributed by atoms with Crippen LogP contribution >= 0.6 is 0 Å². The fraction of sp³-hybridized carbons (Fsp3) is 0.300. The van der Waals surface area contributed by atoms with Crippen LogP contribution in [0.1, 0.15) is 43.7 Å². The van der Waals surface area contributed by atoms with E-state index in [0.717, 1.165) is 18.4 Å². The Kier molecular flexibility index (Phi) is 7.02. The second-order valence-corrected chi connectivity index (χ2v) is 5.60. The Morgan fingerprint density at radius 2 is 2.12 bits per heavy atom. The summed E-state index contributed by atoms with van der Waals surface area (Å²) in [4.78, 5) is 16.4. The van der Waals surface area contributed by atoms with Crippen LogP contribution in [-0.2, 0) is 4.79 Å². The summed E-state index contributed by atoms with van der Waals surface area (Å²) in [6.07, 6.45) is 11.3. The highest BCUT2D eigenvalue weighted by molar-refractivity contribution is 5.78. The van der Waals surface area contributed by atoms with Crippen LogP contribution in [0.5, 0.6) is 0 Å². The number of carbonyl (C=O) groups is 1.